The van der Waals surface area contributed by atoms with Gasteiger partial charge in [0, 0.05) is 0 Å². The summed E-state index contributed by atoms with van der Waals surface area (Å²) >= 11 is 3.41. The molecule has 2 aliphatic carbocycles. The summed E-state index contributed by atoms with van der Waals surface area (Å²) in [5, 5.41) is 8.47. The number of thiophene rings is 2. The van der Waals surface area contributed by atoms with Crippen LogP contribution in [0, 0.1) is 0 Å². The average Bonchev–Trinajstić information content (AvgIpc) is 3.51. The van der Waals surface area contributed by atoms with E-state index >= 15 is 0 Å². The highest BCUT2D eigenvalue weighted by atomic mass is 32.1. The third-order valence-electron chi connectivity index (χ3n) is 4.95. The van der Waals surface area contributed by atoms with Gasteiger partial charge in [0.15, 0.2) is 0 Å². The van der Waals surface area contributed by atoms with E-state index in [1.54, 1.807) is 22.7 Å². The fourth-order valence-electron chi connectivity index (χ4n) is 3.47. The Balaban J connectivity index is 1.59. The highest BCUT2D eigenvalue weighted by Crippen LogP contribution is 2.35. The van der Waals surface area contributed by atoms with Gasteiger partial charge in [-0.2, -0.15) is 22.7 Å². The topological polar surface area (TPSA) is 12.9 Å². The number of fused-ring (bicyclic) bond motifs is 1. The quantitative estimate of drug-likeness (QED) is 0.278. The Morgan fingerprint density at radius 3 is 1.83 bits per heavy atom. The molecule has 0 amide bonds. The number of rotatable bonds is 5. The van der Waals surface area contributed by atoms with E-state index in [9.17, 15) is 0 Å². The van der Waals surface area contributed by atoms with Crippen molar-refractivity contribution in [1.29, 1.82) is 0 Å². The third-order valence-corrected chi connectivity index (χ3v) is 6.35. The van der Waals surface area contributed by atoms with Crippen molar-refractivity contribution in [3.8, 4) is 22.3 Å². The van der Waals surface area contributed by atoms with Gasteiger partial charge in [-0.1, -0.05) is 54.6 Å². The molecule has 3 heterocycles. The van der Waals surface area contributed by atoms with Crippen LogP contribution in [0.5, 0.6) is 0 Å². The second-order valence-corrected chi connectivity index (χ2v) is 8.57. The maximum atomic E-state index is 4.87. The van der Waals surface area contributed by atoms with Gasteiger partial charge in [-0.15, -0.1) is 0 Å². The maximum absolute atomic E-state index is 4.87. The lowest BCUT2D eigenvalue weighted by Gasteiger charge is -2.06. The number of aromatic nitrogens is 1. The van der Waals surface area contributed by atoms with Gasteiger partial charge in [0.1, 0.15) is 0 Å². The summed E-state index contributed by atoms with van der Waals surface area (Å²) in [4.78, 5) is 4.87. The second-order valence-electron chi connectivity index (χ2n) is 7.01. The zero-order chi connectivity index (χ0) is 20.2. The van der Waals surface area contributed by atoms with Crippen molar-refractivity contribution in [3.63, 3.8) is 0 Å². The molecule has 5 rings (SSSR count). The van der Waals surface area contributed by atoms with E-state index in [1.807, 2.05) is 0 Å². The van der Waals surface area contributed by atoms with Crippen LogP contribution in [0.4, 0.5) is 0 Å². The van der Waals surface area contributed by atoms with E-state index in [2.05, 4.69) is 113 Å². The first kappa shape index (κ1) is 18.7. The summed E-state index contributed by atoms with van der Waals surface area (Å²) in [6, 6.07) is 23.6. The van der Waals surface area contributed by atoms with Crippen LogP contribution in [0.15, 0.2) is 88.3 Å². The molecule has 2 aliphatic rings. The van der Waals surface area contributed by atoms with Crippen LogP contribution in [0.2, 0.25) is 0 Å². The Kier molecular flexibility index (Phi) is 5.38. The molecule has 0 atom stereocenters. The molecule has 144 valence electrons. The second kappa shape index (κ2) is 8.62. The lowest BCUT2D eigenvalue weighted by Crippen LogP contribution is -1.89. The fraction of sp³-hybridized carbons (Fsp3) is 0. The highest BCUT2D eigenvalue weighted by molar-refractivity contribution is 7.08. The van der Waals surface area contributed by atoms with E-state index in [4.69, 9.17) is 4.98 Å². The maximum Gasteiger partial charge on any atom is 0.0643 e. The monoisotopic (exact) mass is 421 g/mol. The summed E-state index contributed by atoms with van der Waals surface area (Å²) in [5.74, 6) is 0. The molecule has 0 aliphatic heterocycles. The van der Waals surface area contributed by atoms with Gasteiger partial charge in [0.2, 0.25) is 0 Å². The van der Waals surface area contributed by atoms with E-state index in [0.717, 1.165) is 11.4 Å². The van der Waals surface area contributed by atoms with E-state index < -0.39 is 0 Å². The molecule has 3 aromatic heterocycles. The first-order valence-corrected chi connectivity index (χ1v) is 11.6. The lowest BCUT2D eigenvalue weighted by molar-refractivity contribution is 1.27. The predicted molar refractivity (Wildman–Crippen MR) is 133 cm³/mol. The smallest absolute Gasteiger partial charge is 0.0643 e. The normalized spacial score (nSPS) is 11.7. The molecule has 3 heteroatoms. The third kappa shape index (κ3) is 4.18. The zero-order valence-electron chi connectivity index (χ0n) is 16.2. The van der Waals surface area contributed by atoms with Crippen molar-refractivity contribution in [2.24, 2.45) is 0 Å². The number of hydrogen-bond acceptors (Lipinski definition) is 3. The standard InChI is InChI=1S/C27H19NS2/c1-2-4-22-8-11-27(26(22)5-3-1)23-16-24(9-6-20-12-14-29-18-20)28-25(17-23)10-7-21-13-15-30-19-21/h1-19H/b9-6+,10-7+. The molecule has 1 nitrogen and oxygen atoms in total. The number of nitrogens with zero attached hydrogens (tertiary/aromatic N) is 1. The Labute approximate surface area is 184 Å². The molecule has 3 aromatic rings. The number of hydrogen-bond donors (Lipinski definition) is 0. The van der Waals surface area contributed by atoms with Crippen LogP contribution in [-0.2, 0) is 0 Å². The Bertz CT molecular complexity index is 1220. The minimum absolute atomic E-state index is 0.957. The van der Waals surface area contributed by atoms with Crippen LogP contribution in [0.3, 0.4) is 0 Å². The van der Waals surface area contributed by atoms with Gasteiger partial charge in [0.05, 0.1) is 11.4 Å². The van der Waals surface area contributed by atoms with Crippen molar-refractivity contribution in [2.45, 2.75) is 0 Å². The van der Waals surface area contributed by atoms with Gasteiger partial charge < -0.3 is 0 Å². The molecule has 30 heavy (non-hydrogen) atoms. The summed E-state index contributed by atoms with van der Waals surface area (Å²) < 4.78 is 0. The largest absolute Gasteiger partial charge is 0.249 e. The Morgan fingerprint density at radius 1 is 0.567 bits per heavy atom. The predicted octanol–water partition coefficient (Wildman–Crippen LogP) is 8.32. The first-order chi connectivity index (χ1) is 14.8. The van der Waals surface area contributed by atoms with Crippen LogP contribution in [0.1, 0.15) is 22.5 Å². The van der Waals surface area contributed by atoms with Gasteiger partial charge in [0.25, 0.3) is 0 Å². The van der Waals surface area contributed by atoms with Crippen molar-refractivity contribution < 1.29 is 0 Å². The molecule has 0 radical (unpaired) electrons. The molecule has 0 N–H and O–H groups in total. The minimum atomic E-state index is 0.957. The SMILES string of the molecule is C(=C\c1cc(-c2ccc3cccccc2-3)cc(/C=C/c2ccsc2)n1)/c1ccsc1. The number of pyridine rings is 1. The van der Waals surface area contributed by atoms with Gasteiger partial charge >= 0.3 is 0 Å². The van der Waals surface area contributed by atoms with E-state index in [0.29, 0.717) is 0 Å². The zero-order valence-corrected chi connectivity index (χ0v) is 17.9. The van der Waals surface area contributed by atoms with Crippen LogP contribution in [-0.4, -0.2) is 4.98 Å². The van der Waals surface area contributed by atoms with E-state index in [-0.39, 0.29) is 0 Å². The average molecular weight is 422 g/mol. The van der Waals surface area contributed by atoms with E-state index in [1.165, 1.54) is 33.4 Å². The molecular weight excluding hydrogens is 402 g/mol. The van der Waals surface area contributed by atoms with Crippen LogP contribution >= 0.6 is 22.7 Å². The van der Waals surface area contributed by atoms with Crippen LogP contribution in [0.25, 0.3) is 46.6 Å². The van der Waals surface area contributed by atoms with Gasteiger partial charge in [-0.25, -0.2) is 4.98 Å². The first-order valence-electron chi connectivity index (χ1n) is 9.76. The molecule has 0 unspecified atom stereocenters. The summed E-state index contributed by atoms with van der Waals surface area (Å²) in [6.07, 6.45) is 8.44. The van der Waals surface area contributed by atoms with Gasteiger partial charge in [-0.05, 0) is 91.3 Å². The molecule has 0 fully saturated rings. The molecule has 0 spiro atoms. The lowest BCUT2D eigenvalue weighted by atomic mass is 10.0. The van der Waals surface area contributed by atoms with Crippen molar-refractivity contribution >= 4 is 47.0 Å². The fourth-order valence-corrected chi connectivity index (χ4v) is 4.73. The van der Waals surface area contributed by atoms with Crippen LogP contribution < -0.4 is 0 Å². The molecule has 0 bridgehead atoms. The highest BCUT2D eigenvalue weighted by Gasteiger charge is 2.11. The molecule has 0 saturated heterocycles. The minimum Gasteiger partial charge on any atom is -0.249 e. The van der Waals surface area contributed by atoms with Crippen molar-refractivity contribution in [3.05, 3.63) is 111 Å². The summed E-state index contributed by atoms with van der Waals surface area (Å²) in [7, 11) is 0. The van der Waals surface area contributed by atoms with Gasteiger partial charge in [-0.3, -0.25) is 0 Å². The molecular formula is C27H19NS2. The van der Waals surface area contributed by atoms with Crippen molar-refractivity contribution in [2.75, 3.05) is 0 Å². The Hall–Kier alpha value is -3.27. The summed E-state index contributed by atoms with van der Waals surface area (Å²) in [5.41, 5.74) is 9.24. The molecule has 0 aromatic carbocycles. The molecule has 0 saturated carbocycles. The van der Waals surface area contributed by atoms with Crippen molar-refractivity contribution in [1.82, 2.24) is 4.98 Å². The summed E-state index contributed by atoms with van der Waals surface area (Å²) in [6.45, 7) is 0. The Morgan fingerprint density at radius 2 is 1.20 bits per heavy atom.